The van der Waals surface area contributed by atoms with Gasteiger partial charge in [0.05, 0.1) is 6.10 Å². The molecule has 8 atom stereocenters. The Labute approximate surface area is 194 Å². The molecule has 4 aliphatic carbocycles. The van der Waals surface area contributed by atoms with Crippen LogP contribution in [0.5, 0.6) is 0 Å². The zero-order valence-corrected chi connectivity index (χ0v) is 20.2. The molecule has 1 N–H and O–H groups in total. The largest absolute Gasteiger partial charge is 0.450 e. The lowest BCUT2D eigenvalue weighted by molar-refractivity contribution is -0.228. The first-order valence-corrected chi connectivity index (χ1v) is 12.0. The van der Waals surface area contributed by atoms with Crippen molar-refractivity contribution in [2.45, 2.75) is 77.2 Å². The molecule has 4 rings (SSSR count). The van der Waals surface area contributed by atoms with Crippen molar-refractivity contribution in [3.63, 3.8) is 0 Å². The van der Waals surface area contributed by atoms with E-state index in [1.54, 1.807) is 19.9 Å². The number of carbonyl (C=O) groups is 3. The van der Waals surface area contributed by atoms with Crippen molar-refractivity contribution in [1.82, 2.24) is 0 Å². The van der Waals surface area contributed by atoms with E-state index in [0.29, 0.717) is 24.8 Å². The normalized spacial score (nSPS) is 46.2. The number of hydrogen-bond acceptors (Lipinski definition) is 6. The molecule has 0 radical (unpaired) electrons. The number of aliphatic hydroxyl groups is 1. The van der Waals surface area contributed by atoms with Gasteiger partial charge in [0, 0.05) is 36.2 Å². The number of Topliss-reactive ketones (excluding diaryl/α,β-unsaturated/α-hetero) is 1. The van der Waals surface area contributed by atoms with Crippen LogP contribution in [0.2, 0.25) is 0 Å². The lowest BCUT2D eigenvalue weighted by Crippen LogP contribution is -2.70. The Hall–Kier alpha value is -1.86. The van der Waals surface area contributed by atoms with Gasteiger partial charge in [0.25, 0.3) is 0 Å². The molecule has 3 fully saturated rings. The van der Waals surface area contributed by atoms with E-state index in [4.69, 9.17) is 9.47 Å². The van der Waals surface area contributed by atoms with Crippen LogP contribution < -0.4 is 0 Å². The monoisotopic (exact) mass is 462 g/mol. The average Bonchev–Trinajstić information content (AvgIpc) is 2.97. The van der Waals surface area contributed by atoms with Crippen LogP contribution in [-0.4, -0.2) is 53.7 Å². The number of alkyl halides is 1. The molecule has 182 valence electrons. The number of ketones is 2. The maximum atomic E-state index is 17.3. The Morgan fingerprint density at radius 1 is 1.27 bits per heavy atom. The molecular formula is C26H35FO6. The molecule has 3 saturated carbocycles. The number of esters is 1. The number of fused-ring (bicyclic) bond motifs is 5. The van der Waals surface area contributed by atoms with Gasteiger partial charge in [-0.3, -0.25) is 14.4 Å². The van der Waals surface area contributed by atoms with Gasteiger partial charge in [-0.05, 0) is 50.7 Å². The quantitative estimate of drug-likeness (QED) is 0.629. The van der Waals surface area contributed by atoms with Crippen molar-refractivity contribution in [3.05, 3.63) is 23.8 Å². The Bertz CT molecular complexity index is 941. The highest BCUT2D eigenvalue weighted by atomic mass is 19.1. The smallest absolute Gasteiger partial charge is 0.306 e. The number of aliphatic hydroxyl groups excluding tert-OH is 1. The molecule has 33 heavy (non-hydrogen) atoms. The topological polar surface area (TPSA) is 89.9 Å². The second-order valence-electron chi connectivity index (χ2n) is 10.8. The molecule has 0 heterocycles. The number of allylic oxidation sites excluding steroid dienone is 4. The SMILES string of the molecule is CCC(=O)O[C@]1(C(=O)COC)C(C)CC2C3CCC4=CC(=O)C=C[C@]4(C)[C@@]3(F)C(O)C[C@@]21C. The zero-order chi connectivity index (χ0) is 24.4. The molecule has 0 aliphatic heterocycles. The first-order valence-electron chi connectivity index (χ1n) is 12.0. The third-order valence-corrected chi connectivity index (χ3v) is 9.43. The summed E-state index contributed by atoms with van der Waals surface area (Å²) in [5.74, 6) is -2.18. The summed E-state index contributed by atoms with van der Waals surface area (Å²) in [7, 11) is 1.42. The zero-order valence-electron chi connectivity index (χ0n) is 20.2. The number of carbonyl (C=O) groups excluding carboxylic acids is 3. The standard InChI is InChI=1S/C26H35FO6/c1-6-22(31)33-26(21(30)14-32-5)15(2)11-19-18-8-7-16-12-17(28)9-10-23(16,3)25(18,27)20(29)13-24(19,26)4/h9-10,12,15,18-20,29H,6-8,11,13-14H2,1-5H3/t15?,18?,19?,20?,23-,24-,25-,26-/m0/s1. The van der Waals surface area contributed by atoms with E-state index in [9.17, 15) is 19.5 Å². The van der Waals surface area contributed by atoms with Crippen LogP contribution in [0, 0.1) is 28.6 Å². The number of halogens is 1. The van der Waals surface area contributed by atoms with E-state index >= 15 is 4.39 Å². The van der Waals surface area contributed by atoms with Gasteiger partial charge in [0.2, 0.25) is 5.78 Å². The van der Waals surface area contributed by atoms with Gasteiger partial charge in [-0.2, -0.15) is 0 Å². The molecule has 4 unspecified atom stereocenters. The number of methoxy groups -OCH3 is 1. The van der Waals surface area contributed by atoms with Gasteiger partial charge in [-0.25, -0.2) is 4.39 Å². The van der Waals surface area contributed by atoms with Gasteiger partial charge in [-0.15, -0.1) is 0 Å². The fourth-order valence-electron chi connectivity index (χ4n) is 7.89. The highest BCUT2D eigenvalue weighted by Gasteiger charge is 2.77. The van der Waals surface area contributed by atoms with Gasteiger partial charge < -0.3 is 14.6 Å². The van der Waals surface area contributed by atoms with Crippen LogP contribution in [0.1, 0.15) is 59.8 Å². The van der Waals surface area contributed by atoms with E-state index in [1.807, 2.05) is 13.8 Å². The van der Waals surface area contributed by atoms with Gasteiger partial charge >= 0.3 is 5.97 Å². The van der Waals surface area contributed by atoms with Crippen molar-refractivity contribution in [2.24, 2.45) is 28.6 Å². The molecule has 0 bridgehead atoms. The molecule has 4 aliphatic rings. The van der Waals surface area contributed by atoms with Crippen LogP contribution in [-0.2, 0) is 23.9 Å². The Morgan fingerprint density at radius 2 is 1.97 bits per heavy atom. The molecule has 0 aromatic carbocycles. The molecule has 0 amide bonds. The summed E-state index contributed by atoms with van der Waals surface area (Å²) in [6.45, 7) is 6.96. The Balaban J connectivity index is 1.84. The second-order valence-corrected chi connectivity index (χ2v) is 10.8. The third-order valence-electron chi connectivity index (χ3n) is 9.43. The van der Waals surface area contributed by atoms with Crippen molar-refractivity contribution in [1.29, 1.82) is 0 Å². The summed E-state index contributed by atoms with van der Waals surface area (Å²) in [6, 6.07) is 0. The van der Waals surface area contributed by atoms with Crippen molar-refractivity contribution in [3.8, 4) is 0 Å². The minimum Gasteiger partial charge on any atom is -0.450 e. The summed E-state index contributed by atoms with van der Waals surface area (Å²) in [5.41, 5.74) is -4.82. The molecule has 0 aromatic rings. The minimum absolute atomic E-state index is 0.0217. The molecule has 0 aromatic heterocycles. The lowest BCUT2D eigenvalue weighted by atomic mass is 9.44. The summed E-state index contributed by atoms with van der Waals surface area (Å²) < 4.78 is 28.4. The first kappa shape index (κ1) is 24.3. The van der Waals surface area contributed by atoms with Crippen LogP contribution in [0.15, 0.2) is 23.8 Å². The summed E-state index contributed by atoms with van der Waals surface area (Å²) in [4.78, 5) is 38.1. The predicted octanol–water partition coefficient (Wildman–Crippen LogP) is 3.51. The van der Waals surface area contributed by atoms with Gasteiger partial charge in [0.1, 0.15) is 6.61 Å². The predicted molar refractivity (Wildman–Crippen MR) is 119 cm³/mol. The third kappa shape index (κ3) is 2.94. The van der Waals surface area contributed by atoms with Crippen molar-refractivity contribution < 1.29 is 33.4 Å². The van der Waals surface area contributed by atoms with Crippen molar-refractivity contribution >= 4 is 17.5 Å². The molecule has 0 spiro atoms. The maximum absolute atomic E-state index is 17.3. The fraction of sp³-hybridized carbons (Fsp3) is 0.731. The lowest BCUT2D eigenvalue weighted by Gasteiger charge is -2.62. The maximum Gasteiger partial charge on any atom is 0.306 e. The molecule has 7 heteroatoms. The van der Waals surface area contributed by atoms with Gasteiger partial charge in [0.15, 0.2) is 17.1 Å². The molecule has 6 nitrogen and oxygen atoms in total. The Morgan fingerprint density at radius 3 is 2.61 bits per heavy atom. The Kier molecular flexibility index (Phi) is 5.77. The van der Waals surface area contributed by atoms with E-state index in [2.05, 4.69) is 0 Å². The van der Waals surface area contributed by atoms with Gasteiger partial charge in [-0.1, -0.05) is 32.4 Å². The fourth-order valence-corrected chi connectivity index (χ4v) is 7.89. The molecular weight excluding hydrogens is 427 g/mol. The molecule has 0 saturated heterocycles. The van der Waals surface area contributed by atoms with Crippen LogP contribution in [0.25, 0.3) is 0 Å². The highest BCUT2D eigenvalue weighted by molar-refractivity contribution is 6.01. The number of ether oxygens (including phenoxy) is 2. The first-order chi connectivity index (χ1) is 15.4. The van der Waals surface area contributed by atoms with E-state index in [0.717, 1.165) is 0 Å². The van der Waals surface area contributed by atoms with Crippen LogP contribution in [0.4, 0.5) is 4.39 Å². The average molecular weight is 463 g/mol. The summed E-state index contributed by atoms with van der Waals surface area (Å²) in [5, 5.41) is 11.5. The minimum atomic E-state index is -1.99. The number of rotatable bonds is 5. The highest BCUT2D eigenvalue weighted by Crippen LogP contribution is 2.71. The van der Waals surface area contributed by atoms with Crippen LogP contribution in [0.3, 0.4) is 0 Å². The van der Waals surface area contributed by atoms with E-state index in [-0.39, 0.29) is 42.9 Å². The van der Waals surface area contributed by atoms with Crippen molar-refractivity contribution in [2.75, 3.05) is 13.7 Å². The number of hydrogen-bond donors (Lipinski definition) is 1. The summed E-state index contributed by atoms with van der Waals surface area (Å²) >= 11 is 0. The van der Waals surface area contributed by atoms with E-state index in [1.165, 1.54) is 19.3 Å². The summed E-state index contributed by atoms with van der Waals surface area (Å²) in [6.07, 6.45) is 4.71. The van der Waals surface area contributed by atoms with E-state index < -0.39 is 40.1 Å². The second kappa shape index (κ2) is 7.84. The van der Waals surface area contributed by atoms with Crippen LogP contribution >= 0.6 is 0 Å².